The van der Waals surface area contributed by atoms with Crippen LogP contribution in [-0.2, 0) is 13.2 Å². The summed E-state index contributed by atoms with van der Waals surface area (Å²) in [4.78, 5) is 16.2. The zero-order chi connectivity index (χ0) is 17.5. The normalized spacial score (nSPS) is 10.3. The predicted molar refractivity (Wildman–Crippen MR) is 92.6 cm³/mol. The highest BCUT2D eigenvalue weighted by atomic mass is 19.1. The molecular weight excluding hydrogens is 319 g/mol. The van der Waals surface area contributed by atoms with Crippen molar-refractivity contribution in [3.05, 3.63) is 95.4 Å². The van der Waals surface area contributed by atoms with Gasteiger partial charge in [0.25, 0.3) is 5.91 Å². The molecule has 0 unspecified atom stereocenters. The second-order valence-corrected chi connectivity index (χ2v) is 5.47. The van der Waals surface area contributed by atoms with Crippen molar-refractivity contribution < 1.29 is 13.9 Å². The standard InChI is InChI=1S/C20H17FN2O2/c21-18-8-6-17(7-9-18)20(24)23-13-16-10-11-22-19(12-16)25-14-15-4-2-1-3-5-15/h1-12H,13-14H2,(H,23,24). The molecule has 25 heavy (non-hydrogen) atoms. The van der Waals surface area contributed by atoms with E-state index in [-0.39, 0.29) is 11.7 Å². The summed E-state index contributed by atoms with van der Waals surface area (Å²) in [6.07, 6.45) is 1.64. The van der Waals surface area contributed by atoms with Gasteiger partial charge in [0, 0.05) is 24.4 Å². The first-order valence-corrected chi connectivity index (χ1v) is 7.86. The van der Waals surface area contributed by atoms with Gasteiger partial charge in [0.2, 0.25) is 5.88 Å². The molecule has 0 fully saturated rings. The molecule has 5 heteroatoms. The quantitative estimate of drug-likeness (QED) is 0.746. The van der Waals surface area contributed by atoms with E-state index in [2.05, 4.69) is 10.3 Å². The number of halogens is 1. The van der Waals surface area contributed by atoms with Gasteiger partial charge in [-0.05, 0) is 41.5 Å². The summed E-state index contributed by atoms with van der Waals surface area (Å²) in [6, 6.07) is 18.8. The molecule has 2 aromatic carbocycles. The van der Waals surface area contributed by atoms with E-state index in [1.807, 2.05) is 30.3 Å². The SMILES string of the molecule is O=C(NCc1ccnc(OCc2ccccc2)c1)c1ccc(F)cc1. The van der Waals surface area contributed by atoms with Gasteiger partial charge < -0.3 is 10.1 Å². The number of nitrogens with one attached hydrogen (secondary N) is 1. The van der Waals surface area contributed by atoms with Crippen molar-refractivity contribution in [3.8, 4) is 5.88 Å². The highest BCUT2D eigenvalue weighted by molar-refractivity contribution is 5.94. The molecule has 1 aromatic heterocycles. The molecule has 0 aliphatic carbocycles. The van der Waals surface area contributed by atoms with E-state index >= 15 is 0 Å². The molecule has 1 amide bonds. The van der Waals surface area contributed by atoms with Crippen molar-refractivity contribution in [3.63, 3.8) is 0 Å². The van der Waals surface area contributed by atoms with Gasteiger partial charge in [-0.2, -0.15) is 0 Å². The van der Waals surface area contributed by atoms with Crippen LogP contribution in [0.15, 0.2) is 72.9 Å². The molecule has 3 aromatic rings. The highest BCUT2D eigenvalue weighted by Gasteiger charge is 2.06. The lowest BCUT2D eigenvalue weighted by atomic mass is 10.2. The van der Waals surface area contributed by atoms with Crippen LogP contribution in [0.3, 0.4) is 0 Å². The zero-order valence-electron chi connectivity index (χ0n) is 13.5. The number of carbonyl (C=O) groups is 1. The fourth-order valence-corrected chi connectivity index (χ4v) is 2.26. The largest absolute Gasteiger partial charge is 0.473 e. The highest BCUT2D eigenvalue weighted by Crippen LogP contribution is 2.12. The zero-order valence-corrected chi connectivity index (χ0v) is 13.5. The molecule has 0 aliphatic heterocycles. The maximum atomic E-state index is 12.9. The van der Waals surface area contributed by atoms with Gasteiger partial charge in [0.15, 0.2) is 0 Å². The number of amides is 1. The Morgan fingerprint density at radius 3 is 2.52 bits per heavy atom. The third-order valence-corrected chi connectivity index (χ3v) is 3.59. The monoisotopic (exact) mass is 336 g/mol. The fourth-order valence-electron chi connectivity index (χ4n) is 2.26. The van der Waals surface area contributed by atoms with Gasteiger partial charge in [-0.1, -0.05) is 30.3 Å². The van der Waals surface area contributed by atoms with Crippen LogP contribution in [0.1, 0.15) is 21.5 Å². The molecule has 126 valence electrons. The molecular formula is C20H17FN2O2. The van der Waals surface area contributed by atoms with Gasteiger partial charge in [-0.15, -0.1) is 0 Å². The number of nitrogens with zero attached hydrogens (tertiary/aromatic N) is 1. The Morgan fingerprint density at radius 1 is 1.00 bits per heavy atom. The van der Waals surface area contributed by atoms with Crippen LogP contribution in [0.25, 0.3) is 0 Å². The molecule has 0 saturated carbocycles. The van der Waals surface area contributed by atoms with Crippen LogP contribution in [0, 0.1) is 5.82 Å². The van der Waals surface area contributed by atoms with E-state index in [0.29, 0.717) is 24.6 Å². The van der Waals surface area contributed by atoms with Gasteiger partial charge in [-0.25, -0.2) is 9.37 Å². The molecule has 4 nitrogen and oxygen atoms in total. The van der Waals surface area contributed by atoms with Gasteiger partial charge in [-0.3, -0.25) is 4.79 Å². The minimum atomic E-state index is -0.370. The first-order chi connectivity index (χ1) is 12.2. The molecule has 1 N–H and O–H groups in total. The maximum absolute atomic E-state index is 12.9. The summed E-state index contributed by atoms with van der Waals surface area (Å²) in [6.45, 7) is 0.764. The summed E-state index contributed by atoms with van der Waals surface area (Å²) in [5.41, 5.74) is 2.34. The lowest BCUT2D eigenvalue weighted by molar-refractivity contribution is 0.0951. The maximum Gasteiger partial charge on any atom is 0.251 e. The van der Waals surface area contributed by atoms with Crippen LogP contribution < -0.4 is 10.1 Å². The van der Waals surface area contributed by atoms with Crippen molar-refractivity contribution in [1.29, 1.82) is 0 Å². The van der Waals surface area contributed by atoms with Gasteiger partial charge in [0.05, 0.1) is 0 Å². The van der Waals surface area contributed by atoms with Crippen molar-refractivity contribution >= 4 is 5.91 Å². The summed E-state index contributed by atoms with van der Waals surface area (Å²) in [5, 5.41) is 2.79. The molecule has 0 atom stereocenters. The predicted octanol–water partition coefficient (Wildman–Crippen LogP) is 3.73. The van der Waals surface area contributed by atoms with E-state index in [4.69, 9.17) is 4.74 Å². The Bertz CT molecular complexity index is 836. The Balaban J connectivity index is 1.56. The van der Waals surface area contributed by atoms with E-state index in [1.165, 1.54) is 24.3 Å². The average molecular weight is 336 g/mol. The van der Waals surface area contributed by atoms with Gasteiger partial charge in [0.1, 0.15) is 12.4 Å². The molecule has 0 radical (unpaired) electrons. The molecule has 1 heterocycles. The summed E-state index contributed by atoms with van der Waals surface area (Å²) < 4.78 is 18.6. The number of ether oxygens (including phenoxy) is 1. The Labute approximate surface area is 145 Å². The smallest absolute Gasteiger partial charge is 0.251 e. The number of benzene rings is 2. The van der Waals surface area contributed by atoms with E-state index in [9.17, 15) is 9.18 Å². The Hall–Kier alpha value is -3.21. The average Bonchev–Trinajstić information content (AvgIpc) is 2.66. The number of aromatic nitrogens is 1. The molecule has 0 saturated heterocycles. The molecule has 0 aliphatic rings. The number of rotatable bonds is 6. The van der Waals surface area contributed by atoms with Crippen molar-refractivity contribution in [2.24, 2.45) is 0 Å². The first-order valence-electron chi connectivity index (χ1n) is 7.86. The Kier molecular flexibility index (Phi) is 5.36. The lowest BCUT2D eigenvalue weighted by Crippen LogP contribution is -2.22. The second-order valence-electron chi connectivity index (χ2n) is 5.47. The summed E-state index contributed by atoms with van der Waals surface area (Å²) in [5.74, 6) is -0.133. The molecule has 0 spiro atoms. The van der Waals surface area contributed by atoms with Crippen LogP contribution in [0.2, 0.25) is 0 Å². The van der Waals surface area contributed by atoms with E-state index in [0.717, 1.165) is 11.1 Å². The van der Waals surface area contributed by atoms with Crippen LogP contribution >= 0.6 is 0 Å². The Morgan fingerprint density at radius 2 is 1.76 bits per heavy atom. The minimum Gasteiger partial charge on any atom is -0.473 e. The number of hydrogen-bond donors (Lipinski definition) is 1. The summed E-state index contributed by atoms with van der Waals surface area (Å²) in [7, 11) is 0. The van der Waals surface area contributed by atoms with Crippen molar-refractivity contribution in [1.82, 2.24) is 10.3 Å². The second kappa shape index (κ2) is 8.06. The summed E-state index contributed by atoms with van der Waals surface area (Å²) >= 11 is 0. The van der Waals surface area contributed by atoms with Crippen LogP contribution in [0.5, 0.6) is 5.88 Å². The van der Waals surface area contributed by atoms with Crippen LogP contribution in [-0.4, -0.2) is 10.9 Å². The third-order valence-electron chi connectivity index (χ3n) is 3.59. The molecule has 0 bridgehead atoms. The van der Waals surface area contributed by atoms with Crippen LogP contribution in [0.4, 0.5) is 4.39 Å². The third kappa shape index (κ3) is 4.88. The number of pyridine rings is 1. The first kappa shape index (κ1) is 16.6. The topological polar surface area (TPSA) is 51.2 Å². The van der Waals surface area contributed by atoms with E-state index < -0.39 is 0 Å². The fraction of sp³-hybridized carbons (Fsp3) is 0.100. The lowest BCUT2D eigenvalue weighted by Gasteiger charge is -2.08. The number of carbonyl (C=O) groups excluding carboxylic acids is 1. The number of hydrogen-bond acceptors (Lipinski definition) is 3. The van der Waals surface area contributed by atoms with E-state index in [1.54, 1.807) is 18.3 Å². The van der Waals surface area contributed by atoms with Crippen molar-refractivity contribution in [2.75, 3.05) is 0 Å². The minimum absolute atomic E-state index is 0.261. The molecule has 3 rings (SSSR count). The van der Waals surface area contributed by atoms with Gasteiger partial charge >= 0.3 is 0 Å². The van der Waals surface area contributed by atoms with Crippen molar-refractivity contribution in [2.45, 2.75) is 13.2 Å².